The van der Waals surface area contributed by atoms with Gasteiger partial charge in [0.05, 0.1) is 11.5 Å². The van der Waals surface area contributed by atoms with Crippen molar-refractivity contribution in [1.82, 2.24) is 10.2 Å². The van der Waals surface area contributed by atoms with Gasteiger partial charge in [0.15, 0.2) is 9.84 Å². The van der Waals surface area contributed by atoms with Crippen molar-refractivity contribution in [3.63, 3.8) is 0 Å². The molecule has 5 nitrogen and oxygen atoms in total. The third kappa shape index (κ3) is 4.75. The average Bonchev–Trinajstić information content (AvgIpc) is 2.60. The Kier molecular flexibility index (Phi) is 5.67. The average molecular weight is 365 g/mol. The number of nitrogens with one attached hydrogen (secondary N) is 1. The van der Waals surface area contributed by atoms with Gasteiger partial charge in [0, 0.05) is 19.1 Å². The molecule has 1 atom stereocenters. The molecule has 0 spiro atoms. The molecule has 1 N–H and O–H groups in total. The minimum Gasteiger partial charge on any atom is -0.334 e. The highest BCUT2D eigenvalue weighted by atomic mass is 32.2. The lowest BCUT2D eigenvalue weighted by Gasteiger charge is -2.33. The maximum Gasteiger partial charge on any atom is 0.317 e. The second kappa shape index (κ2) is 7.77. The summed E-state index contributed by atoms with van der Waals surface area (Å²) >= 11 is 0. The molecule has 0 aromatic heterocycles. The summed E-state index contributed by atoms with van der Waals surface area (Å²) < 4.78 is 23.2. The Morgan fingerprint density at radius 2 is 1.84 bits per heavy atom. The SMILES string of the molecule is C[C@H]1CS(=O)(=O)CCN1C(=O)NCc1ccc(C2CCCCC2)cc1. The highest BCUT2D eigenvalue weighted by Crippen LogP contribution is 2.32. The Balaban J connectivity index is 1.52. The minimum absolute atomic E-state index is 0.0521. The summed E-state index contributed by atoms with van der Waals surface area (Å²) in [5, 5.41) is 2.92. The lowest BCUT2D eigenvalue weighted by molar-refractivity contribution is 0.184. The lowest BCUT2D eigenvalue weighted by Crippen LogP contribution is -2.53. The van der Waals surface area contributed by atoms with E-state index in [-0.39, 0.29) is 30.1 Å². The second-order valence-electron chi connectivity index (χ2n) is 7.39. The largest absolute Gasteiger partial charge is 0.334 e. The van der Waals surface area contributed by atoms with Gasteiger partial charge >= 0.3 is 6.03 Å². The summed E-state index contributed by atoms with van der Waals surface area (Å²) in [4.78, 5) is 13.9. The first kappa shape index (κ1) is 18.2. The zero-order valence-corrected chi connectivity index (χ0v) is 15.7. The zero-order chi connectivity index (χ0) is 17.9. The first-order valence-electron chi connectivity index (χ1n) is 9.28. The number of carbonyl (C=O) groups is 1. The van der Waals surface area contributed by atoms with Crippen molar-refractivity contribution in [1.29, 1.82) is 0 Å². The van der Waals surface area contributed by atoms with Crippen LogP contribution in [0.3, 0.4) is 0 Å². The summed E-state index contributed by atoms with van der Waals surface area (Å²) in [7, 11) is -3.00. The number of sulfone groups is 1. The molecule has 2 aliphatic rings. The molecule has 1 heterocycles. The van der Waals surface area contributed by atoms with Crippen LogP contribution in [0.4, 0.5) is 4.79 Å². The number of amides is 2. The van der Waals surface area contributed by atoms with Gasteiger partial charge < -0.3 is 10.2 Å². The van der Waals surface area contributed by atoms with Gasteiger partial charge in [0.2, 0.25) is 0 Å². The van der Waals surface area contributed by atoms with E-state index in [1.165, 1.54) is 37.7 Å². The Morgan fingerprint density at radius 3 is 2.48 bits per heavy atom. The number of urea groups is 1. The normalized spacial score (nSPS) is 24.0. The van der Waals surface area contributed by atoms with Crippen LogP contribution in [0.15, 0.2) is 24.3 Å². The first-order chi connectivity index (χ1) is 11.9. The lowest BCUT2D eigenvalue weighted by atomic mass is 9.84. The van der Waals surface area contributed by atoms with E-state index in [0.717, 1.165) is 5.56 Å². The second-order valence-corrected chi connectivity index (χ2v) is 9.62. The molecule has 1 saturated carbocycles. The maximum absolute atomic E-state index is 12.3. The third-order valence-electron chi connectivity index (χ3n) is 5.43. The smallest absolute Gasteiger partial charge is 0.317 e. The van der Waals surface area contributed by atoms with E-state index in [1.54, 1.807) is 11.8 Å². The molecule has 1 aromatic rings. The fourth-order valence-corrected chi connectivity index (χ4v) is 5.48. The van der Waals surface area contributed by atoms with Gasteiger partial charge in [-0.3, -0.25) is 0 Å². The van der Waals surface area contributed by atoms with Crippen LogP contribution >= 0.6 is 0 Å². The number of rotatable bonds is 3. The molecule has 0 bridgehead atoms. The Hall–Kier alpha value is -1.56. The van der Waals surface area contributed by atoms with Crippen molar-refractivity contribution in [2.45, 2.75) is 57.5 Å². The van der Waals surface area contributed by atoms with E-state index in [9.17, 15) is 13.2 Å². The van der Waals surface area contributed by atoms with Crippen LogP contribution in [-0.4, -0.2) is 43.4 Å². The van der Waals surface area contributed by atoms with Gasteiger partial charge in [-0.15, -0.1) is 0 Å². The predicted molar refractivity (Wildman–Crippen MR) is 99.3 cm³/mol. The number of nitrogens with zero attached hydrogens (tertiary/aromatic N) is 1. The zero-order valence-electron chi connectivity index (χ0n) is 14.9. The van der Waals surface area contributed by atoms with Crippen molar-refractivity contribution >= 4 is 15.9 Å². The molecule has 0 radical (unpaired) electrons. The van der Waals surface area contributed by atoms with Gasteiger partial charge in [-0.05, 0) is 36.8 Å². The summed E-state index contributed by atoms with van der Waals surface area (Å²) in [6.07, 6.45) is 6.58. The molecule has 0 unspecified atom stereocenters. The van der Waals surface area contributed by atoms with Crippen LogP contribution in [0.1, 0.15) is 56.1 Å². The molecule has 1 saturated heterocycles. The van der Waals surface area contributed by atoms with Crippen LogP contribution in [0.25, 0.3) is 0 Å². The maximum atomic E-state index is 12.3. The molecule has 2 fully saturated rings. The van der Waals surface area contributed by atoms with Crippen molar-refractivity contribution in [2.24, 2.45) is 0 Å². The highest BCUT2D eigenvalue weighted by Gasteiger charge is 2.31. The van der Waals surface area contributed by atoms with Crippen LogP contribution < -0.4 is 5.32 Å². The molecule has 2 amide bonds. The highest BCUT2D eigenvalue weighted by molar-refractivity contribution is 7.91. The van der Waals surface area contributed by atoms with Gasteiger partial charge in [0.25, 0.3) is 0 Å². The van der Waals surface area contributed by atoms with Gasteiger partial charge in [-0.2, -0.15) is 0 Å². The first-order valence-corrected chi connectivity index (χ1v) is 11.1. The summed E-state index contributed by atoms with van der Waals surface area (Å²) in [5.74, 6) is 0.797. The summed E-state index contributed by atoms with van der Waals surface area (Å²) in [6.45, 7) is 2.53. The molecule has 1 aliphatic heterocycles. The van der Waals surface area contributed by atoms with Crippen molar-refractivity contribution in [3.8, 4) is 0 Å². The molecular weight excluding hydrogens is 336 g/mol. The number of carbonyl (C=O) groups excluding carboxylic acids is 1. The van der Waals surface area contributed by atoms with E-state index in [2.05, 4.69) is 29.6 Å². The van der Waals surface area contributed by atoms with Crippen LogP contribution in [0, 0.1) is 0 Å². The van der Waals surface area contributed by atoms with Crippen molar-refractivity contribution in [3.05, 3.63) is 35.4 Å². The molecule has 138 valence electrons. The molecule has 1 aromatic carbocycles. The Morgan fingerprint density at radius 1 is 1.16 bits per heavy atom. The molecular formula is C19H28N2O3S. The molecule has 3 rings (SSSR count). The Labute approximate surface area is 150 Å². The Bertz CT molecular complexity index is 694. The van der Waals surface area contributed by atoms with Gasteiger partial charge in [-0.1, -0.05) is 43.5 Å². The van der Waals surface area contributed by atoms with E-state index in [0.29, 0.717) is 12.5 Å². The van der Waals surface area contributed by atoms with E-state index in [4.69, 9.17) is 0 Å². The van der Waals surface area contributed by atoms with Crippen LogP contribution in [-0.2, 0) is 16.4 Å². The van der Waals surface area contributed by atoms with Crippen LogP contribution in [0.2, 0.25) is 0 Å². The third-order valence-corrected chi connectivity index (χ3v) is 7.23. The predicted octanol–water partition coefficient (Wildman–Crippen LogP) is 3.06. The van der Waals surface area contributed by atoms with Gasteiger partial charge in [-0.25, -0.2) is 13.2 Å². The fourth-order valence-electron chi connectivity index (χ4n) is 3.92. The quantitative estimate of drug-likeness (QED) is 0.896. The fraction of sp³-hybridized carbons (Fsp3) is 0.632. The van der Waals surface area contributed by atoms with Crippen molar-refractivity contribution in [2.75, 3.05) is 18.1 Å². The molecule has 25 heavy (non-hydrogen) atoms. The molecule has 6 heteroatoms. The topological polar surface area (TPSA) is 66.5 Å². The standard InChI is InChI=1S/C19H28N2O3S/c1-15-14-25(23,24)12-11-21(15)19(22)20-13-16-7-9-18(10-8-16)17-5-3-2-4-6-17/h7-10,15,17H,2-6,11-14H2,1H3,(H,20,22)/t15-/m0/s1. The summed E-state index contributed by atoms with van der Waals surface area (Å²) in [5.41, 5.74) is 2.48. The number of hydrogen-bond acceptors (Lipinski definition) is 3. The number of benzene rings is 1. The van der Waals surface area contributed by atoms with E-state index in [1.807, 2.05) is 0 Å². The van der Waals surface area contributed by atoms with Crippen LogP contribution in [0.5, 0.6) is 0 Å². The van der Waals surface area contributed by atoms with E-state index < -0.39 is 9.84 Å². The monoisotopic (exact) mass is 364 g/mol. The summed E-state index contributed by atoms with van der Waals surface area (Å²) in [6, 6.07) is 8.11. The van der Waals surface area contributed by atoms with E-state index >= 15 is 0 Å². The molecule has 1 aliphatic carbocycles. The van der Waals surface area contributed by atoms with Gasteiger partial charge in [0.1, 0.15) is 0 Å². The van der Waals surface area contributed by atoms with Crippen molar-refractivity contribution < 1.29 is 13.2 Å². The number of hydrogen-bond donors (Lipinski definition) is 1. The minimum atomic E-state index is -3.00.